The van der Waals surface area contributed by atoms with Crippen molar-refractivity contribution < 1.29 is 15.6 Å². The highest BCUT2D eigenvalue weighted by molar-refractivity contribution is 5.46. The summed E-state index contributed by atoms with van der Waals surface area (Å²) >= 11 is 0. The van der Waals surface area contributed by atoms with E-state index in [9.17, 15) is 15.6 Å². The summed E-state index contributed by atoms with van der Waals surface area (Å²) in [7, 11) is 3.76. The molecule has 0 aliphatic carbocycles. The van der Waals surface area contributed by atoms with Gasteiger partial charge in [0.2, 0.25) is 17.8 Å². The van der Waals surface area contributed by atoms with Gasteiger partial charge in [-0.2, -0.15) is 15.0 Å². The zero-order valence-electron chi connectivity index (χ0n) is 30.3. The first-order valence-corrected chi connectivity index (χ1v) is 16.4. The van der Waals surface area contributed by atoms with E-state index >= 15 is 0 Å². The molecule has 4 heterocycles. The number of aromatic nitrogens is 3. The van der Waals surface area contributed by atoms with Crippen LogP contribution in [0.15, 0.2) is 0 Å². The standard InChI is InChI=1S/C32H59N10O3/c1-27(2)15-21(16-28(3,4)40(27)43)33-24-34-25(37-38(13)14)36-26(35-24)39(22-17-29(5,6)41(44)30(7,8)18-22)23-19-31(9,10)42(45)32(11,12)20-23/h21-23H,15-20H2,1-14H3,(H2,33,34,35,36,37). The Hall–Kier alpha value is -1.87. The second-order valence-electron chi connectivity index (χ2n) is 17.8. The molecule has 1 aromatic heterocycles. The van der Waals surface area contributed by atoms with Gasteiger partial charge in [-0.3, -0.25) is 5.43 Å². The summed E-state index contributed by atoms with van der Waals surface area (Å²) in [5.41, 5.74) is -0.337. The monoisotopic (exact) mass is 631 g/mol. The molecule has 0 bridgehead atoms. The number of nitrogens with one attached hydrogen (secondary N) is 2. The summed E-state index contributed by atoms with van der Waals surface area (Å²) in [6.07, 6.45) is 3.74. The van der Waals surface area contributed by atoms with Crippen molar-refractivity contribution in [3.63, 3.8) is 0 Å². The Morgan fingerprint density at radius 2 is 0.889 bits per heavy atom. The van der Waals surface area contributed by atoms with Gasteiger partial charge in [0, 0.05) is 65.5 Å². The molecule has 0 amide bonds. The molecular formula is C32H59N10O3. The minimum absolute atomic E-state index is 0.0285. The van der Waals surface area contributed by atoms with Crippen molar-refractivity contribution in [2.75, 3.05) is 29.7 Å². The van der Waals surface area contributed by atoms with Crippen molar-refractivity contribution in [3.05, 3.63) is 0 Å². The number of piperidine rings is 3. The molecule has 0 unspecified atom stereocenters. The lowest BCUT2D eigenvalue weighted by Gasteiger charge is -2.57. The topological polar surface area (TPSA) is 139 Å². The molecular weight excluding hydrogens is 572 g/mol. The smallest absolute Gasteiger partial charge is 0.244 e. The zero-order valence-corrected chi connectivity index (χ0v) is 30.3. The maximum atomic E-state index is 13.4. The maximum Gasteiger partial charge on any atom is 0.244 e. The van der Waals surface area contributed by atoms with Gasteiger partial charge in [0.25, 0.3) is 0 Å². The summed E-state index contributed by atoms with van der Waals surface area (Å²) in [6, 6.07) is -0.141. The fraction of sp³-hybridized carbons (Fsp3) is 0.906. The quantitative estimate of drug-likeness (QED) is 0.392. The average Bonchev–Trinajstić information content (AvgIpc) is 2.83. The van der Waals surface area contributed by atoms with Crippen molar-refractivity contribution in [1.29, 1.82) is 0 Å². The van der Waals surface area contributed by atoms with Crippen molar-refractivity contribution in [1.82, 2.24) is 35.2 Å². The van der Waals surface area contributed by atoms with Gasteiger partial charge in [0.1, 0.15) is 0 Å². The molecule has 3 aliphatic rings. The predicted octanol–water partition coefficient (Wildman–Crippen LogP) is 5.08. The number of anilines is 3. The van der Waals surface area contributed by atoms with Gasteiger partial charge in [-0.15, -0.1) is 30.8 Å². The van der Waals surface area contributed by atoms with Gasteiger partial charge >= 0.3 is 0 Å². The second kappa shape index (κ2) is 11.7. The number of rotatable bonds is 7. The van der Waals surface area contributed by atoms with Crippen molar-refractivity contribution in [2.45, 2.75) is 173 Å². The lowest BCUT2D eigenvalue weighted by atomic mass is 9.75. The average molecular weight is 632 g/mol. The molecule has 4 rings (SSSR count). The van der Waals surface area contributed by atoms with Gasteiger partial charge in [0.05, 0.1) is 0 Å². The van der Waals surface area contributed by atoms with E-state index < -0.39 is 33.2 Å². The summed E-state index contributed by atoms with van der Waals surface area (Å²) < 4.78 is 0. The Balaban J connectivity index is 1.83. The SMILES string of the molecule is CN(C)Nc1nc(NC2CC(C)(C)N([O])C(C)(C)C2)nc(N(C2CC(C)(C)N([O])C(C)(C)C2)C2CC(C)(C)N([O])C(C)(C)C2)n1. The van der Waals surface area contributed by atoms with E-state index in [2.05, 4.69) is 15.6 Å². The molecule has 3 radical (unpaired) electrons. The molecule has 13 nitrogen and oxygen atoms in total. The molecule has 0 atom stereocenters. The van der Waals surface area contributed by atoms with Crippen molar-refractivity contribution in [3.8, 4) is 0 Å². The Labute approximate surface area is 271 Å². The second-order valence-corrected chi connectivity index (χ2v) is 17.8. The van der Waals surface area contributed by atoms with Crippen molar-refractivity contribution >= 4 is 17.8 Å². The molecule has 2 N–H and O–H groups in total. The molecule has 255 valence electrons. The summed E-state index contributed by atoms with van der Waals surface area (Å²) in [5.74, 6) is 1.35. The van der Waals surface area contributed by atoms with E-state index in [1.807, 2.05) is 97.2 Å². The number of hydrogen-bond donors (Lipinski definition) is 2. The molecule has 3 saturated heterocycles. The van der Waals surface area contributed by atoms with Crippen LogP contribution < -0.4 is 15.6 Å². The highest BCUT2D eigenvalue weighted by Gasteiger charge is 2.53. The first-order valence-electron chi connectivity index (χ1n) is 16.4. The zero-order chi connectivity index (χ0) is 34.1. The van der Waals surface area contributed by atoms with Crippen LogP contribution in [0.5, 0.6) is 0 Å². The number of hydrazine groups is 1. The third kappa shape index (κ3) is 7.34. The number of hydrogen-bond acceptors (Lipinski definition) is 10. The molecule has 13 heteroatoms. The van der Waals surface area contributed by atoms with Crippen molar-refractivity contribution in [2.24, 2.45) is 0 Å². The van der Waals surface area contributed by atoms with Gasteiger partial charge in [-0.1, -0.05) is 0 Å². The lowest BCUT2D eigenvalue weighted by molar-refractivity contribution is -0.294. The van der Waals surface area contributed by atoms with E-state index in [0.717, 1.165) is 0 Å². The first-order chi connectivity index (χ1) is 20.3. The molecule has 0 spiro atoms. The van der Waals surface area contributed by atoms with Gasteiger partial charge in [0.15, 0.2) is 0 Å². The minimum atomic E-state index is -0.614. The number of nitrogens with zero attached hydrogens (tertiary/aromatic N) is 8. The van der Waals surface area contributed by atoms with Crippen LogP contribution in [0.3, 0.4) is 0 Å². The van der Waals surface area contributed by atoms with Crippen LogP contribution in [-0.2, 0) is 15.6 Å². The third-order valence-electron chi connectivity index (χ3n) is 10.0. The Morgan fingerprint density at radius 1 is 0.556 bits per heavy atom. The third-order valence-corrected chi connectivity index (χ3v) is 10.0. The van der Waals surface area contributed by atoms with Crippen LogP contribution in [0.1, 0.15) is 122 Å². The van der Waals surface area contributed by atoms with Gasteiger partial charge in [-0.05, 0) is 122 Å². The summed E-state index contributed by atoms with van der Waals surface area (Å²) in [6.45, 7) is 24.0. The van der Waals surface area contributed by atoms with Crippen LogP contribution in [-0.4, -0.2) is 101 Å². The molecule has 45 heavy (non-hydrogen) atoms. The highest BCUT2D eigenvalue weighted by atomic mass is 16.5. The molecule has 0 aromatic carbocycles. The normalized spacial score (nSPS) is 27.4. The summed E-state index contributed by atoms with van der Waals surface area (Å²) in [4.78, 5) is 17.1. The number of hydroxylamine groups is 6. The highest BCUT2D eigenvalue weighted by Crippen LogP contribution is 2.45. The van der Waals surface area contributed by atoms with Gasteiger partial charge in [-0.25, -0.2) is 5.01 Å². The first kappa shape index (κ1) is 36.0. The molecule has 3 fully saturated rings. The Bertz CT molecular complexity index is 1120. The van der Waals surface area contributed by atoms with Crippen LogP contribution in [0.25, 0.3) is 0 Å². The maximum absolute atomic E-state index is 13.4. The predicted molar refractivity (Wildman–Crippen MR) is 174 cm³/mol. The lowest BCUT2D eigenvalue weighted by Crippen LogP contribution is -2.67. The Kier molecular flexibility index (Phi) is 9.33. The van der Waals surface area contributed by atoms with Gasteiger partial charge < -0.3 is 10.2 Å². The van der Waals surface area contributed by atoms with Crippen LogP contribution in [0, 0.1) is 0 Å². The minimum Gasteiger partial charge on any atom is -0.351 e. The van der Waals surface area contributed by atoms with E-state index in [1.54, 1.807) is 5.01 Å². The fourth-order valence-corrected chi connectivity index (χ4v) is 8.78. The molecule has 1 aromatic rings. The molecule has 3 aliphatic heterocycles. The fourth-order valence-electron chi connectivity index (χ4n) is 8.78. The Morgan fingerprint density at radius 3 is 1.24 bits per heavy atom. The largest absolute Gasteiger partial charge is 0.351 e. The van der Waals surface area contributed by atoms with E-state index in [4.69, 9.17) is 15.0 Å². The van der Waals surface area contributed by atoms with E-state index in [1.165, 1.54) is 15.2 Å². The van der Waals surface area contributed by atoms with E-state index in [-0.39, 0.29) is 18.1 Å². The molecule has 0 saturated carbocycles. The van der Waals surface area contributed by atoms with Crippen LogP contribution in [0.4, 0.5) is 17.8 Å². The van der Waals surface area contributed by atoms with Crippen LogP contribution >= 0.6 is 0 Å². The summed E-state index contributed by atoms with van der Waals surface area (Å²) in [5, 5.41) is 49.0. The van der Waals surface area contributed by atoms with E-state index in [0.29, 0.717) is 56.4 Å². The van der Waals surface area contributed by atoms with Crippen LogP contribution in [0.2, 0.25) is 0 Å².